The van der Waals surface area contributed by atoms with Crippen molar-refractivity contribution in [2.24, 2.45) is 0 Å². The first-order valence-corrected chi connectivity index (χ1v) is 6.27. The fraction of sp³-hybridized carbons (Fsp3) is 0.333. The highest BCUT2D eigenvalue weighted by molar-refractivity contribution is 5.31. The summed E-state index contributed by atoms with van der Waals surface area (Å²) in [6.45, 7) is 0. The van der Waals surface area contributed by atoms with Gasteiger partial charge in [0, 0.05) is 12.5 Å². The molecule has 0 radical (unpaired) electrons. The van der Waals surface area contributed by atoms with E-state index in [4.69, 9.17) is 9.15 Å². The van der Waals surface area contributed by atoms with Crippen molar-refractivity contribution in [2.75, 3.05) is 14.2 Å². The molecule has 0 aliphatic rings. The fourth-order valence-electron chi connectivity index (χ4n) is 2.12. The minimum absolute atomic E-state index is 0.0884. The first-order chi connectivity index (χ1) is 9.24. The third kappa shape index (κ3) is 3.35. The van der Waals surface area contributed by atoms with Gasteiger partial charge in [-0.25, -0.2) is 4.39 Å². The normalized spacial score (nSPS) is 12.4. The SMILES string of the molecule is CNC(CCc1ccco1)c1ccc(OC)c(F)c1. The Labute approximate surface area is 112 Å². The number of methoxy groups -OCH3 is 1. The molecule has 0 amide bonds. The maximum atomic E-state index is 13.7. The Hall–Kier alpha value is -1.81. The molecule has 0 saturated heterocycles. The molecule has 4 heteroatoms. The van der Waals surface area contributed by atoms with Crippen LogP contribution >= 0.6 is 0 Å². The number of halogens is 1. The van der Waals surface area contributed by atoms with Gasteiger partial charge < -0.3 is 14.5 Å². The molecule has 19 heavy (non-hydrogen) atoms. The lowest BCUT2D eigenvalue weighted by molar-refractivity contribution is 0.385. The van der Waals surface area contributed by atoms with Gasteiger partial charge in [-0.2, -0.15) is 0 Å². The topological polar surface area (TPSA) is 34.4 Å². The van der Waals surface area contributed by atoms with Gasteiger partial charge in [0.1, 0.15) is 5.76 Å². The van der Waals surface area contributed by atoms with E-state index in [1.165, 1.54) is 13.2 Å². The molecule has 1 unspecified atom stereocenters. The molecule has 102 valence electrons. The highest BCUT2D eigenvalue weighted by atomic mass is 19.1. The van der Waals surface area contributed by atoms with Crippen molar-refractivity contribution >= 4 is 0 Å². The van der Waals surface area contributed by atoms with Crippen LogP contribution in [0.4, 0.5) is 4.39 Å². The van der Waals surface area contributed by atoms with Crippen molar-refractivity contribution in [2.45, 2.75) is 18.9 Å². The molecule has 1 atom stereocenters. The first-order valence-electron chi connectivity index (χ1n) is 6.27. The molecule has 3 nitrogen and oxygen atoms in total. The summed E-state index contributed by atoms with van der Waals surface area (Å²) in [7, 11) is 3.33. The van der Waals surface area contributed by atoms with Gasteiger partial charge in [0.05, 0.1) is 13.4 Å². The molecule has 0 aliphatic carbocycles. The van der Waals surface area contributed by atoms with Crippen LogP contribution in [0.15, 0.2) is 41.0 Å². The number of aryl methyl sites for hydroxylation is 1. The Morgan fingerprint density at radius 2 is 2.21 bits per heavy atom. The Morgan fingerprint density at radius 1 is 1.37 bits per heavy atom. The van der Waals surface area contributed by atoms with Gasteiger partial charge in [0.25, 0.3) is 0 Å². The molecular weight excluding hydrogens is 245 g/mol. The largest absolute Gasteiger partial charge is 0.494 e. The predicted octanol–water partition coefficient (Wildman–Crippen LogP) is 3.32. The second-order valence-corrected chi connectivity index (χ2v) is 4.35. The van der Waals surface area contributed by atoms with E-state index in [0.717, 1.165) is 24.2 Å². The second-order valence-electron chi connectivity index (χ2n) is 4.35. The molecule has 1 aromatic carbocycles. The number of benzene rings is 1. The van der Waals surface area contributed by atoms with E-state index in [0.29, 0.717) is 0 Å². The quantitative estimate of drug-likeness (QED) is 0.868. The molecule has 2 aromatic rings. The molecule has 0 spiro atoms. The molecule has 1 heterocycles. The number of hydrogen-bond acceptors (Lipinski definition) is 3. The van der Waals surface area contributed by atoms with E-state index in [-0.39, 0.29) is 17.6 Å². The molecule has 0 bridgehead atoms. The number of ether oxygens (including phenoxy) is 1. The van der Waals surface area contributed by atoms with Crippen LogP contribution in [0.5, 0.6) is 5.75 Å². The van der Waals surface area contributed by atoms with Gasteiger partial charge in [-0.05, 0) is 43.3 Å². The van der Waals surface area contributed by atoms with E-state index in [2.05, 4.69) is 5.32 Å². The van der Waals surface area contributed by atoms with Crippen molar-refractivity contribution in [3.8, 4) is 5.75 Å². The van der Waals surface area contributed by atoms with Crippen LogP contribution in [-0.4, -0.2) is 14.2 Å². The number of hydrogen-bond donors (Lipinski definition) is 1. The van der Waals surface area contributed by atoms with Gasteiger partial charge in [0.2, 0.25) is 0 Å². The third-order valence-corrected chi connectivity index (χ3v) is 3.19. The van der Waals surface area contributed by atoms with Crippen LogP contribution in [0.25, 0.3) is 0 Å². The van der Waals surface area contributed by atoms with E-state index in [1.54, 1.807) is 12.3 Å². The molecule has 0 aliphatic heterocycles. The third-order valence-electron chi connectivity index (χ3n) is 3.19. The average molecular weight is 263 g/mol. The lowest BCUT2D eigenvalue weighted by Gasteiger charge is -2.16. The Kier molecular flexibility index (Phi) is 4.58. The number of rotatable bonds is 6. The molecule has 1 aromatic heterocycles. The van der Waals surface area contributed by atoms with Crippen LogP contribution in [0.2, 0.25) is 0 Å². The van der Waals surface area contributed by atoms with E-state index in [9.17, 15) is 4.39 Å². The molecular formula is C15H18FNO2. The van der Waals surface area contributed by atoms with Gasteiger partial charge in [0.15, 0.2) is 11.6 Å². The minimum Gasteiger partial charge on any atom is -0.494 e. The van der Waals surface area contributed by atoms with Crippen LogP contribution in [0.3, 0.4) is 0 Å². The molecule has 1 N–H and O–H groups in total. The van der Waals surface area contributed by atoms with E-state index in [1.807, 2.05) is 25.2 Å². The first kappa shape index (κ1) is 13.6. The molecule has 0 fully saturated rings. The zero-order valence-corrected chi connectivity index (χ0v) is 11.2. The summed E-state index contributed by atoms with van der Waals surface area (Å²) >= 11 is 0. The van der Waals surface area contributed by atoms with Gasteiger partial charge >= 0.3 is 0 Å². The second kappa shape index (κ2) is 6.38. The summed E-state index contributed by atoms with van der Waals surface area (Å²) < 4.78 is 23.9. The lowest BCUT2D eigenvalue weighted by atomic mass is 10.0. The summed E-state index contributed by atoms with van der Waals surface area (Å²) in [5, 5.41) is 3.20. The van der Waals surface area contributed by atoms with Crippen LogP contribution in [-0.2, 0) is 6.42 Å². The van der Waals surface area contributed by atoms with Crippen molar-refractivity contribution < 1.29 is 13.5 Å². The monoisotopic (exact) mass is 263 g/mol. The Bertz CT molecular complexity index is 511. The Morgan fingerprint density at radius 3 is 2.79 bits per heavy atom. The van der Waals surface area contributed by atoms with Crippen molar-refractivity contribution in [1.82, 2.24) is 5.32 Å². The highest BCUT2D eigenvalue weighted by Crippen LogP contribution is 2.24. The van der Waals surface area contributed by atoms with Gasteiger partial charge in [-0.1, -0.05) is 6.07 Å². The van der Waals surface area contributed by atoms with E-state index >= 15 is 0 Å². The zero-order chi connectivity index (χ0) is 13.7. The Balaban J connectivity index is 2.06. The highest BCUT2D eigenvalue weighted by Gasteiger charge is 2.13. The molecule has 2 rings (SSSR count). The average Bonchev–Trinajstić information content (AvgIpc) is 2.93. The van der Waals surface area contributed by atoms with Crippen LogP contribution < -0.4 is 10.1 Å². The van der Waals surface area contributed by atoms with E-state index < -0.39 is 0 Å². The summed E-state index contributed by atoms with van der Waals surface area (Å²) in [5.41, 5.74) is 0.910. The van der Waals surface area contributed by atoms with Gasteiger partial charge in [-0.15, -0.1) is 0 Å². The zero-order valence-electron chi connectivity index (χ0n) is 11.2. The van der Waals surface area contributed by atoms with Crippen molar-refractivity contribution in [3.05, 3.63) is 53.7 Å². The standard InChI is InChI=1S/C15H18FNO2/c1-17-14(7-6-12-4-3-9-19-12)11-5-8-15(18-2)13(16)10-11/h3-5,8-10,14,17H,6-7H2,1-2H3. The van der Waals surface area contributed by atoms with Crippen LogP contribution in [0, 0.1) is 5.82 Å². The lowest BCUT2D eigenvalue weighted by Crippen LogP contribution is -2.17. The van der Waals surface area contributed by atoms with Gasteiger partial charge in [-0.3, -0.25) is 0 Å². The summed E-state index contributed by atoms with van der Waals surface area (Å²) in [5.74, 6) is 0.872. The molecule has 0 saturated carbocycles. The van der Waals surface area contributed by atoms with Crippen molar-refractivity contribution in [3.63, 3.8) is 0 Å². The summed E-state index contributed by atoms with van der Waals surface area (Å²) in [4.78, 5) is 0. The van der Waals surface area contributed by atoms with Crippen molar-refractivity contribution in [1.29, 1.82) is 0 Å². The summed E-state index contributed by atoms with van der Waals surface area (Å²) in [6, 6.07) is 8.96. The maximum Gasteiger partial charge on any atom is 0.165 e. The predicted molar refractivity (Wildman–Crippen MR) is 71.8 cm³/mol. The number of nitrogens with one attached hydrogen (secondary N) is 1. The maximum absolute atomic E-state index is 13.7. The minimum atomic E-state index is -0.335. The summed E-state index contributed by atoms with van der Waals surface area (Å²) in [6.07, 6.45) is 3.32. The van der Waals surface area contributed by atoms with Crippen LogP contribution in [0.1, 0.15) is 23.8 Å². The fourth-order valence-corrected chi connectivity index (χ4v) is 2.12. The smallest absolute Gasteiger partial charge is 0.165 e. The number of furan rings is 1.